The molecule has 6 heteroatoms. The number of aliphatic hydroxyl groups is 1. The van der Waals surface area contributed by atoms with Crippen molar-refractivity contribution in [3.63, 3.8) is 0 Å². The van der Waals surface area contributed by atoms with Gasteiger partial charge in [-0.2, -0.15) is 0 Å². The zero-order valence-corrected chi connectivity index (χ0v) is 18.7. The monoisotopic (exact) mass is 416 g/mol. The van der Waals surface area contributed by atoms with Crippen LogP contribution in [0.3, 0.4) is 0 Å². The summed E-state index contributed by atoms with van der Waals surface area (Å²) in [5.74, 6) is 2.16. The number of hydrogen-bond acceptors (Lipinski definition) is 4. The van der Waals surface area contributed by atoms with Crippen LogP contribution < -0.4 is 24.4 Å². The third kappa shape index (κ3) is 7.06. The van der Waals surface area contributed by atoms with Crippen LogP contribution in [-0.2, 0) is 0 Å². The molecule has 0 aromatic heterocycles. The van der Waals surface area contributed by atoms with Crippen molar-refractivity contribution in [3.8, 4) is 17.2 Å². The Morgan fingerprint density at radius 2 is 1.73 bits per heavy atom. The van der Waals surface area contributed by atoms with Crippen molar-refractivity contribution in [2.24, 2.45) is 0 Å². The molecule has 0 aliphatic rings. The largest absolute Gasteiger partial charge is 0.497 e. The third-order valence-corrected chi connectivity index (χ3v) is 5.03. The van der Waals surface area contributed by atoms with Crippen molar-refractivity contribution in [2.75, 3.05) is 48.0 Å². The molecule has 0 saturated carbocycles. The number of nitrogens with two attached hydrogens (primary N) is 1. The molecule has 2 atom stereocenters. The zero-order valence-electron chi connectivity index (χ0n) is 18.7. The van der Waals surface area contributed by atoms with Crippen molar-refractivity contribution in [2.45, 2.75) is 19.1 Å². The number of quaternary nitrogens is 2. The molecule has 0 saturated heterocycles. The number of likely N-dealkylation sites (N-methyl/N-ethyl adjacent to an activating group) is 1. The number of methoxy groups -OCH3 is 2. The quantitative estimate of drug-likeness (QED) is 0.482. The Hall–Kier alpha value is -2.54. The lowest BCUT2D eigenvalue weighted by atomic mass is 10.1. The maximum atomic E-state index is 10.4. The van der Waals surface area contributed by atoms with Gasteiger partial charge in [0.15, 0.2) is 17.5 Å². The number of hydrogen-bond donors (Lipinski definition) is 3. The van der Waals surface area contributed by atoms with E-state index in [-0.39, 0.29) is 6.61 Å². The molecule has 0 spiro atoms. The van der Waals surface area contributed by atoms with Crippen LogP contribution in [0, 0.1) is 0 Å². The van der Waals surface area contributed by atoms with Gasteiger partial charge in [-0.25, -0.2) is 0 Å². The van der Waals surface area contributed by atoms with Gasteiger partial charge in [-0.15, -0.1) is 0 Å². The van der Waals surface area contributed by atoms with Gasteiger partial charge in [0.1, 0.15) is 31.5 Å². The summed E-state index contributed by atoms with van der Waals surface area (Å²) in [6, 6.07) is 14.3. The Labute approximate surface area is 180 Å². The fourth-order valence-electron chi connectivity index (χ4n) is 3.35. The van der Waals surface area contributed by atoms with Gasteiger partial charge in [0, 0.05) is 5.56 Å². The van der Waals surface area contributed by atoms with E-state index in [1.54, 1.807) is 14.2 Å². The van der Waals surface area contributed by atoms with Crippen LogP contribution in [0.5, 0.6) is 17.2 Å². The van der Waals surface area contributed by atoms with E-state index < -0.39 is 6.10 Å². The number of benzene rings is 2. The lowest BCUT2D eigenvalue weighted by molar-refractivity contribution is -0.909. The van der Waals surface area contributed by atoms with Crippen LogP contribution in [0.4, 0.5) is 0 Å². The topological polar surface area (TPSA) is 69.0 Å². The molecule has 0 bridgehead atoms. The molecule has 0 aliphatic carbocycles. The molecule has 164 valence electrons. The van der Waals surface area contributed by atoms with Crippen molar-refractivity contribution in [3.05, 3.63) is 59.7 Å². The fraction of sp³-hybridized carbons (Fsp3) is 0.417. The highest BCUT2D eigenvalue weighted by Crippen LogP contribution is 2.28. The Morgan fingerprint density at radius 1 is 1.00 bits per heavy atom. The van der Waals surface area contributed by atoms with Crippen LogP contribution in [0.2, 0.25) is 0 Å². The van der Waals surface area contributed by atoms with Crippen LogP contribution in [0.25, 0.3) is 6.08 Å². The minimum Gasteiger partial charge on any atom is -0.497 e. The van der Waals surface area contributed by atoms with E-state index >= 15 is 0 Å². The van der Waals surface area contributed by atoms with E-state index in [0.717, 1.165) is 17.9 Å². The van der Waals surface area contributed by atoms with Gasteiger partial charge in [-0.1, -0.05) is 18.2 Å². The zero-order chi connectivity index (χ0) is 21.9. The highest BCUT2D eigenvalue weighted by atomic mass is 16.5. The van der Waals surface area contributed by atoms with Gasteiger partial charge < -0.3 is 29.5 Å². The van der Waals surface area contributed by atoms with E-state index in [4.69, 9.17) is 14.2 Å². The summed E-state index contributed by atoms with van der Waals surface area (Å²) in [5.41, 5.74) is 2.30. The first-order chi connectivity index (χ1) is 14.5. The second kappa shape index (κ2) is 12.2. The van der Waals surface area contributed by atoms with E-state index in [2.05, 4.69) is 31.5 Å². The molecule has 4 N–H and O–H groups in total. The van der Waals surface area contributed by atoms with Crippen molar-refractivity contribution in [1.82, 2.24) is 0 Å². The van der Waals surface area contributed by atoms with E-state index in [1.807, 2.05) is 49.4 Å². The summed E-state index contributed by atoms with van der Waals surface area (Å²) < 4.78 is 16.5. The minimum absolute atomic E-state index is 0.220. The molecule has 30 heavy (non-hydrogen) atoms. The highest BCUT2D eigenvalue weighted by Gasteiger charge is 2.21. The lowest BCUT2D eigenvalue weighted by Gasteiger charge is -2.21. The van der Waals surface area contributed by atoms with Crippen LogP contribution in [-0.4, -0.2) is 59.2 Å². The third-order valence-electron chi connectivity index (χ3n) is 5.03. The molecule has 0 fully saturated rings. The van der Waals surface area contributed by atoms with Gasteiger partial charge >= 0.3 is 0 Å². The molecule has 0 radical (unpaired) electrons. The molecule has 0 aliphatic heterocycles. The first kappa shape index (κ1) is 23.7. The molecule has 2 aromatic carbocycles. The van der Waals surface area contributed by atoms with E-state index in [0.29, 0.717) is 24.1 Å². The summed E-state index contributed by atoms with van der Waals surface area (Å²) in [4.78, 5) is 1.34. The molecule has 0 amide bonds. The number of aliphatic hydroxyl groups excluding tert-OH is 1. The van der Waals surface area contributed by atoms with Gasteiger partial charge in [-0.3, -0.25) is 0 Å². The first-order valence-corrected chi connectivity index (χ1v) is 10.4. The van der Waals surface area contributed by atoms with Crippen molar-refractivity contribution in [1.29, 1.82) is 0 Å². The SMILES string of the molecule is C/C=C/c1ccc(OC[C@H](O)C[NH2+]C[C@H](c2ccc(OC)cc2)[NH+](C)C)c(OC)c1. The van der Waals surface area contributed by atoms with E-state index in [1.165, 1.54) is 10.5 Å². The maximum absolute atomic E-state index is 10.4. The summed E-state index contributed by atoms with van der Waals surface area (Å²) in [6.07, 6.45) is 3.41. The molecule has 6 nitrogen and oxygen atoms in total. The fourth-order valence-corrected chi connectivity index (χ4v) is 3.35. The van der Waals surface area contributed by atoms with Crippen LogP contribution in [0.15, 0.2) is 48.5 Å². The highest BCUT2D eigenvalue weighted by molar-refractivity contribution is 5.55. The standard InChI is InChI=1S/C24H34N2O4/c1-6-7-18-8-13-23(24(14-18)29-5)30-17-20(27)15-25-16-22(26(2)3)19-9-11-21(28-4)12-10-19/h6-14,20,22,25,27H,15-17H2,1-5H3/p+2/b7-6+/t20-,22-/m1/s1. The van der Waals surface area contributed by atoms with Gasteiger partial charge in [0.2, 0.25) is 0 Å². The number of nitrogens with one attached hydrogen (secondary N) is 1. The van der Waals surface area contributed by atoms with Gasteiger partial charge in [0.05, 0.1) is 28.3 Å². The number of ether oxygens (including phenoxy) is 3. The van der Waals surface area contributed by atoms with Crippen LogP contribution in [0.1, 0.15) is 24.1 Å². The Bertz CT molecular complexity index is 790. The first-order valence-electron chi connectivity index (χ1n) is 10.4. The predicted molar refractivity (Wildman–Crippen MR) is 119 cm³/mol. The number of allylic oxidation sites excluding steroid dienone is 1. The van der Waals surface area contributed by atoms with E-state index in [9.17, 15) is 5.11 Å². The summed E-state index contributed by atoms with van der Waals surface area (Å²) >= 11 is 0. The Morgan fingerprint density at radius 3 is 2.33 bits per heavy atom. The van der Waals surface area contributed by atoms with Crippen LogP contribution >= 0.6 is 0 Å². The molecular weight excluding hydrogens is 380 g/mol. The normalized spacial score (nSPS) is 13.4. The predicted octanol–water partition coefficient (Wildman–Crippen LogP) is 0.926. The van der Waals surface area contributed by atoms with Crippen molar-refractivity contribution < 1.29 is 29.5 Å². The number of rotatable bonds is 12. The second-order valence-corrected chi connectivity index (χ2v) is 7.54. The molecule has 0 heterocycles. The average molecular weight is 417 g/mol. The molecule has 2 rings (SSSR count). The summed E-state index contributed by atoms with van der Waals surface area (Å²) in [7, 11) is 7.58. The smallest absolute Gasteiger partial charge is 0.162 e. The summed E-state index contributed by atoms with van der Waals surface area (Å²) in [6.45, 7) is 3.63. The second-order valence-electron chi connectivity index (χ2n) is 7.54. The van der Waals surface area contributed by atoms with Gasteiger partial charge in [0.25, 0.3) is 0 Å². The van der Waals surface area contributed by atoms with Gasteiger partial charge in [-0.05, 0) is 48.9 Å². The van der Waals surface area contributed by atoms with Crippen molar-refractivity contribution >= 4 is 6.08 Å². The molecule has 0 unspecified atom stereocenters. The Balaban J connectivity index is 1.85. The minimum atomic E-state index is -0.571. The Kier molecular flexibility index (Phi) is 9.67. The maximum Gasteiger partial charge on any atom is 0.162 e. The molecular formula is C24H36N2O4+2. The average Bonchev–Trinajstić information content (AvgIpc) is 2.75. The summed E-state index contributed by atoms with van der Waals surface area (Å²) in [5, 5.41) is 12.5. The molecule has 2 aromatic rings. The lowest BCUT2D eigenvalue weighted by Crippen LogP contribution is -3.09.